The van der Waals surface area contributed by atoms with Gasteiger partial charge in [0.2, 0.25) is 11.8 Å². The third kappa shape index (κ3) is 3.87. The molecule has 1 saturated carbocycles. The Morgan fingerprint density at radius 1 is 0.885 bits per heavy atom. The zero-order chi connectivity index (χ0) is 18.8. The fourth-order valence-electron chi connectivity index (χ4n) is 3.02. The Labute approximate surface area is 153 Å². The van der Waals surface area contributed by atoms with Crippen LogP contribution in [0.15, 0.2) is 36.4 Å². The van der Waals surface area contributed by atoms with Crippen molar-refractivity contribution >= 4 is 23.2 Å². The van der Waals surface area contributed by atoms with E-state index in [9.17, 15) is 9.59 Å². The number of carbonyl (C=O) groups excluding carboxylic acids is 2. The molecule has 2 amide bonds. The van der Waals surface area contributed by atoms with Crippen LogP contribution in [-0.4, -0.2) is 18.9 Å². The lowest BCUT2D eigenvalue weighted by molar-refractivity contribution is -0.122. The molecule has 0 aromatic heterocycles. The van der Waals surface area contributed by atoms with Gasteiger partial charge in [0.25, 0.3) is 0 Å². The van der Waals surface area contributed by atoms with Gasteiger partial charge in [-0.05, 0) is 62.1 Å². The molecule has 5 heteroatoms. The minimum absolute atomic E-state index is 0.102. The molecule has 5 nitrogen and oxygen atoms in total. The molecule has 0 spiro atoms. The van der Waals surface area contributed by atoms with Crippen molar-refractivity contribution in [2.75, 3.05) is 17.7 Å². The zero-order valence-electron chi connectivity index (χ0n) is 15.6. The van der Waals surface area contributed by atoms with Gasteiger partial charge >= 0.3 is 0 Å². The second-order valence-corrected chi connectivity index (χ2v) is 6.95. The van der Waals surface area contributed by atoms with Gasteiger partial charge in [-0.25, -0.2) is 0 Å². The van der Waals surface area contributed by atoms with Gasteiger partial charge in [-0.2, -0.15) is 0 Å². The number of carbonyl (C=O) groups is 2. The maximum atomic E-state index is 12.5. The first-order chi connectivity index (χ1) is 12.4. The van der Waals surface area contributed by atoms with Crippen LogP contribution < -0.4 is 15.4 Å². The second kappa shape index (κ2) is 7.20. The molecule has 0 heterocycles. The first-order valence-corrected chi connectivity index (χ1v) is 8.72. The van der Waals surface area contributed by atoms with Crippen molar-refractivity contribution in [3.05, 3.63) is 53.1 Å². The standard InChI is InChI=1S/C21H24N2O3/c1-12-5-7-14(3)17(9-12)22-20(24)15-11-16(15)21(25)23-18-10-13(2)6-8-19(18)26-4/h5-10,15-16H,11H2,1-4H3,(H,22,24)(H,23,25). The number of anilines is 2. The average Bonchev–Trinajstić information content (AvgIpc) is 3.39. The minimum Gasteiger partial charge on any atom is -0.495 e. The number of hydrogen-bond acceptors (Lipinski definition) is 3. The minimum atomic E-state index is -0.301. The molecule has 26 heavy (non-hydrogen) atoms. The van der Waals surface area contributed by atoms with Crippen LogP contribution in [0.3, 0.4) is 0 Å². The molecule has 1 aliphatic rings. The highest BCUT2D eigenvalue weighted by Gasteiger charge is 2.48. The molecular formula is C21H24N2O3. The number of methoxy groups -OCH3 is 1. The molecule has 2 aromatic rings. The van der Waals surface area contributed by atoms with Crippen LogP contribution in [0, 0.1) is 32.6 Å². The van der Waals surface area contributed by atoms with Gasteiger partial charge in [-0.15, -0.1) is 0 Å². The van der Waals surface area contributed by atoms with Crippen molar-refractivity contribution in [1.82, 2.24) is 0 Å². The molecule has 2 N–H and O–H groups in total. The Hall–Kier alpha value is -2.82. The van der Waals surface area contributed by atoms with E-state index >= 15 is 0 Å². The number of rotatable bonds is 5. The second-order valence-electron chi connectivity index (χ2n) is 6.95. The van der Waals surface area contributed by atoms with Crippen LogP contribution in [0.5, 0.6) is 5.75 Å². The molecule has 136 valence electrons. The van der Waals surface area contributed by atoms with Gasteiger partial charge < -0.3 is 15.4 Å². The van der Waals surface area contributed by atoms with E-state index in [4.69, 9.17) is 4.74 Å². The largest absolute Gasteiger partial charge is 0.495 e. The van der Waals surface area contributed by atoms with E-state index in [1.165, 1.54) is 0 Å². The Morgan fingerprint density at radius 2 is 1.42 bits per heavy atom. The monoisotopic (exact) mass is 352 g/mol. The van der Waals surface area contributed by atoms with Crippen molar-refractivity contribution in [2.45, 2.75) is 27.2 Å². The summed E-state index contributed by atoms with van der Waals surface area (Å²) in [4.78, 5) is 25.0. The van der Waals surface area contributed by atoms with E-state index in [1.807, 2.05) is 57.2 Å². The van der Waals surface area contributed by atoms with E-state index < -0.39 is 0 Å². The summed E-state index contributed by atoms with van der Waals surface area (Å²) in [5.74, 6) is -0.220. The number of aryl methyl sites for hydroxylation is 3. The van der Waals surface area contributed by atoms with Gasteiger partial charge in [-0.3, -0.25) is 9.59 Å². The van der Waals surface area contributed by atoms with Crippen molar-refractivity contribution < 1.29 is 14.3 Å². The normalized spacial score (nSPS) is 18.2. The third-order valence-electron chi connectivity index (χ3n) is 4.73. The summed E-state index contributed by atoms with van der Waals surface area (Å²) in [6.07, 6.45) is 0.566. The summed E-state index contributed by atoms with van der Waals surface area (Å²) in [7, 11) is 1.57. The maximum absolute atomic E-state index is 12.5. The Kier molecular flexibility index (Phi) is 4.98. The first kappa shape index (κ1) is 18.0. The highest BCUT2D eigenvalue weighted by Crippen LogP contribution is 2.41. The lowest BCUT2D eigenvalue weighted by Gasteiger charge is -2.11. The van der Waals surface area contributed by atoms with Crippen molar-refractivity contribution in [2.24, 2.45) is 11.8 Å². The lowest BCUT2D eigenvalue weighted by atomic mass is 10.1. The number of hydrogen-bond donors (Lipinski definition) is 2. The molecular weight excluding hydrogens is 328 g/mol. The molecule has 1 fully saturated rings. The fourth-order valence-corrected chi connectivity index (χ4v) is 3.02. The van der Waals surface area contributed by atoms with Gasteiger partial charge in [0, 0.05) is 5.69 Å². The molecule has 2 atom stereocenters. The van der Waals surface area contributed by atoms with Crippen molar-refractivity contribution in [3.8, 4) is 5.75 Å². The summed E-state index contributed by atoms with van der Waals surface area (Å²) in [6.45, 7) is 5.89. The first-order valence-electron chi connectivity index (χ1n) is 8.72. The zero-order valence-corrected chi connectivity index (χ0v) is 15.6. The topological polar surface area (TPSA) is 67.4 Å². The van der Waals surface area contributed by atoms with E-state index in [0.717, 1.165) is 22.4 Å². The maximum Gasteiger partial charge on any atom is 0.228 e. The smallest absolute Gasteiger partial charge is 0.228 e. The molecule has 2 unspecified atom stereocenters. The number of benzene rings is 2. The molecule has 1 aliphatic carbocycles. The summed E-state index contributed by atoms with van der Waals surface area (Å²) in [5.41, 5.74) is 4.57. The summed E-state index contributed by atoms with van der Waals surface area (Å²) in [5, 5.41) is 5.84. The van der Waals surface area contributed by atoms with E-state index in [0.29, 0.717) is 17.9 Å². The number of amides is 2. The average molecular weight is 352 g/mol. The Morgan fingerprint density at radius 3 is 2.04 bits per heavy atom. The van der Waals surface area contributed by atoms with Crippen LogP contribution in [0.25, 0.3) is 0 Å². The predicted molar refractivity (Wildman–Crippen MR) is 103 cm³/mol. The Balaban J connectivity index is 1.63. The highest BCUT2D eigenvalue weighted by atomic mass is 16.5. The molecule has 0 bridgehead atoms. The highest BCUT2D eigenvalue weighted by molar-refractivity contribution is 6.04. The number of nitrogens with one attached hydrogen (secondary N) is 2. The van der Waals surface area contributed by atoms with E-state index in [-0.39, 0.29) is 23.7 Å². The van der Waals surface area contributed by atoms with Crippen LogP contribution >= 0.6 is 0 Å². The molecule has 0 radical (unpaired) electrons. The molecule has 0 aliphatic heterocycles. The quantitative estimate of drug-likeness (QED) is 0.859. The van der Waals surface area contributed by atoms with E-state index in [1.54, 1.807) is 7.11 Å². The summed E-state index contributed by atoms with van der Waals surface area (Å²) < 4.78 is 5.29. The number of ether oxygens (including phenoxy) is 1. The molecule has 0 saturated heterocycles. The van der Waals surface area contributed by atoms with Crippen molar-refractivity contribution in [3.63, 3.8) is 0 Å². The van der Waals surface area contributed by atoms with Crippen LogP contribution in [0.1, 0.15) is 23.1 Å². The fraction of sp³-hybridized carbons (Fsp3) is 0.333. The van der Waals surface area contributed by atoms with Gasteiger partial charge in [0.1, 0.15) is 5.75 Å². The Bertz CT molecular complexity index is 860. The third-order valence-corrected chi connectivity index (χ3v) is 4.73. The molecule has 2 aromatic carbocycles. The summed E-state index contributed by atoms with van der Waals surface area (Å²) >= 11 is 0. The van der Waals surface area contributed by atoms with Gasteiger partial charge in [0.15, 0.2) is 0 Å². The van der Waals surface area contributed by atoms with E-state index in [2.05, 4.69) is 10.6 Å². The van der Waals surface area contributed by atoms with Crippen LogP contribution in [0.4, 0.5) is 11.4 Å². The van der Waals surface area contributed by atoms with Crippen LogP contribution in [-0.2, 0) is 9.59 Å². The lowest BCUT2D eigenvalue weighted by Crippen LogP contribution is -2.21. The molecule has 3 rings (SSSR count). The SMILES string of the molecule is COc1ccc(C)cc1NC(=O)C1CC1C(=O)Nc1cc(C)ccc1C. The predicted octanol–water partition coefficient (Wildman–Crippen LogP) is 3.83. The van der Waals surface area contributed by atoms with Gasteiger partial charge in [-0.1, -0.05) is 18.2 Å². The van der Waals surface area contributed by atoms with Crippen molar-refractivity contribution in [1.29, 1.82) is 0 Å². The van der Waals surface area contributed by atoms with Crippen LogP contribution in [0.2, 0.25) is 0 Å². The van der Waals surface area contributed by atoms with Gasteiger partial charge in [0.05, 0.1) is 24.6 Å². The summed E-state index contributed by atoms with van der Waals surface area (Å²) in [6, 6.07) is 11.5.